The monoisotopic (exact) mass is 512 g/mol. The lowest BCUT2D eigenvalue weighted by Gasteiger charge is -2.14. The molecule has 194 valence electrons. The maximum atomic E-state index is 13.0. The fourth-order valence-corrected chi connectivity index (χ4v) is 3.86. The summed E-state index contributed by atoms with van der Waals surface area (Å²) >= 11 is 0. The van der Waals surface area contributed by atoms with Crippen molar-refractivity contribution in [3.63, 3.8) is 0 Å². The molecule has 37 heavy (non-hydrogen) atoms. The van der Waals surface area contributed by atoms with E-state index in [1.807, 2.05) is 18.2 Å². The number of nitrogens with zero attached hydrogens (tertiary/aromatic N) is 5. The Kier molecular flexibility index (Phi) is 6.94. The lowest BCUT2D eigenvalue weighted by molar-refractivity contribution is -0.142. The molecule has 6 N–H and O–H groups in total. The molecular formula is C25H27F3N8O. The molecule has 0 aliphatic carbocycles. The maximum Gasteiger partial charge on any atom is 0.408 e. The average Bonchev–Trinajstić information content (AvgIpc) is 3.39. The molecule has 4 rings (SSSR count). The molecule has 0 fully saturated rings. The summed E-state index contributed by atoms with van der Waals surface area (Å²) in [6.07, 6.45) is 0.966. The summed E-state index contributed by atoms with van der Waals surface area (Å²) in [5, 5.41) is 17.3. The van der Waals surface area contributed by atoms with E-state index < -0.39 is 18.8 Å². The first-order valence-electron chi connectivity index (χ1n) is 11.4. The third-order valence-corrected chi connectivity index (χ3v) is 5.66. The Labute approximate surface area is 210 Å². The number of rotatable bonds is 7. The summed E-state index contributed by atoms with van der Waals surface area (Å²) in [5.41, 5.74) is 15.9. The van der Waals surface area contributed by atoms with Crippen molar-refractivity contribution in [1.82, 2.24) is 24.3 Å². The van der Waals surface area contributed by atoms with E-state index in [2.05, 4.69) is 15.4 Å². The molecule has 0 spiro atoms. The predicted octanol–water partition coefficient (Wildman–Crippen LogP) is 4.28. The van der Waals surface area contributed by atoms with Gasteiger partial charge in [-0.2, -0.15) is 18.3 Å². The van der Waals surface area contributed by atoms with Crippen molar-refractivity contribution in [1.29, 1.82) is 0 Å². The molecule has 0 amide bonds. The zero-order valence-electron chi connectivity index (χ0n) is 20.5. The molecule has 3 heterocycles. The van der Waals surface area contributed by atoms with Crippen LogP contribution in [0, 0.1) is 6.92 Å². The van der Waals surface area contributed by atoms with Crippen molar-refractivity contribution in [3.8, 4) is 17.1 Å². The molecule has 0 radical (unpaired) electrons. The van der Waals surface area contributed by atoms with Crippen LogP contribution in [-0.2, 0) is 6.54 Å². The van der Waals surface area contributed by atoms with E-state index in [1.165, 1.54) is 6.20 Å². The first-order chi connectivity index (χ1) is 17.4. The van der Waals surface area contributed by atoms with Crippen LogP contribution in [0.2, 0.25) is 0 Å². The SMILES string of the molecule is C/C(N)=C/C=C(\N)Nc1ccc2c(c1)ncn2-c1ccc(C(C)O)c(-c2cnn(CC(F)(F)F)c2C)n1. The molecule has 0 aliphatic rings. The van der Waals surface area contributed by atoms with Crippen LogP contribution in [0.4, 0.5) is 18.9 Å². The standard InChI is InChI=1S/C25H27F3N8O/c1-14(29)4-8-22(30)33-17-5-7-21-20(10-17)31-13-35(21)23-9-6-18(16(3)37)24(34-23)19-11-32-36(15(19)2)12-25(26,27)28/h4-11,13,16,33,37H,12,29-30H2,1-3H3/b14-4-,22-8+. The van der Waals surface area contributed by atoms with E-state index in [9.17, 15) is 18.3 Å². The minimum Gasteiger partial charge on any atom is -0.402 e. The van der Waals surface area contributed by atoms with Gasteiger partial charge in [-0.25, -0.2) is 9.97 Å². The maximum absolute atomic E-state index is 13.0. The van der Waals surface area contributed by atoms with Crippen molar-refractivity contribution >= 4 is 16.7 Å². The van der Waals surface area contributed by atoms with Crippen LogP contribution in [-0.4, -0.2) is 35.6 Å². The Hall–Kier alpha value is -4.32. The molecule has 0 bridgehead atoms. The lowest BCUT2D eigenvalue weighted by atomic mass is 10.0. The van der Waals surface area contributed by atoms with Crippen molar-refractivity contribution in [2.45, 2.75) is 39.6 Å². The molecule has 0 saturated heterocycles. The number of hydrogen-bond acceptors (Lipinski definition) is 7. The Morgan fingerprint density at radius 2 is 1.95 bits per heavy atom. The summed E-state index contributed by atoms with van der Waals surface area (Å²) < 4.78 is 41.5. The number of hydrogen-bond donors (Lipinski definition) is 4. The topological polar surface area (TPSA) is 133 Å². The number of nitrogens with two attached hydrogens (primary N) is 2. The molecular weight excluding hydrogens is 485 g/mol. The second-order valence-corrected chi connectivity index (χ2v) is 8.68. The van der Waals surface area contributed by atoms with Gasteiger partial charge in [0.15, 0.2) is 0 Å². The molecule has 0 aliphatic heterocycles. The van der Waals surface area contributed by atoms with Gasteiger partial charge in [-0.1, -0.05) is 6.07 Å². The molecule has 1 unspecified atom stereocenters. The van der Waals surface area contributed by atoms with Gasteiger partial charge >= 0.3 is 6.18 Å². The highest BCUT2D eigenvalue weighted by molar-refractivity contribution is 5.81. The summed E-state index contributed by atoms with van der Waals surface area (Å²) in [4.78, 5) is 9.16. The fourth-order valence-electron chi connectivity index (χ4n) is 3.86. The number of aliphatic hydroxyl groups excluding tert-OH is 1. The van der Waals surface area contributed by atoms with Crippen molar-refractivity contribution in [3.05, 3.63) is 77.8 Å². The number of halogens is 3. The largest absolute Gasteiger partial charge is 0.408 e. The number of aliphatic hydroxyl groups is 1. The fraction of sp³-hybridized carbons (Fsp3) is 0.240. The quantitative estimate of drug-likeness (QED) is 0.272. The minimum absolute atomic E-state index is 0.292. The first-order valence-corrected chi connectivity index (χ1v) is 11.4. The molecule has 1 aromatic carbocycles. The number of fused-ring (bicyclic) bond motifs is 1. The van der Waals surface area contributed by atoms with Crippen LogP contribution in [0.5, 0.6) is 0 Å². The van der Waals surface area contributed by atoms with E-state index in [0.29, 0.717) is 45.4 Å². The highest BCUT2D eigenvalue weighted by atomic mass is 19.4. The van der Waals surface area contributed by atoms with E-state index in [1.54, 1.807) is 56.0 Å². The molecule has 0 saturated carbocycles. The number of aromatic nitrogens is 5. The van der Waals surface area contributed by atoms with Crippen molar-refractivity contribution < 1.29 is 18.3 Å². The third kappa shape index (κ3) is 5.75. The van der Waals surface area contributed by atoms with Crippen molar-refractivity contribution in [2.24, 2.45) is 11.5 Å². The summed E-state index contributed by atoms with van der Waals surface area (Å²) in [7, 11) is 0. The normalized spacial score (nSPS) is 13.8. The smallest absolute Gasteiger partial charge is 0.402 e. The second kappa shape index (κ2) is 9.97. The Morgan fingerprint density at radius 1 is 1.19 bits per heavy atom. The van der Waals surface area contributed by atoms with Crippen molar-refractivity contribution in [2.75, 3.05) is 5.32 Å². The predicted molar refractivity (Wildman–Crippen MR) is 135 cm³/mol. The molecule has 4 aromatic rings. The van der Waals surface area contributed by atoms with Gasteiger partial charge in [-0.05, 0) is 57.2 Å². The van der Waals surface area contributed by atoms with E-state index in [4.69, 9.17) is 16.5 Å². The third-order valence-electron chi connectivity index (χ3n) is 5.66. The van der Waals surface area contributed by atoms with Gasteiger partial charge in [0.05, 0.1) is 29.0 Å². The first kappa shape index (κ1) is 25.8. The number of benzene rings is 1. The highest BCUT2D eigenvalue weighted by Crippen LogP contribution is 2.32. The highest BCUT2D eigenvalue weighted by Gasteiger charge is 2.30. The molecule has 9 nitrogen and oxygen atoms in total. The summed E-state index contributed by atoms with van der Waals surface area (Å²) in [5.74, 6) is 0.888. The van der Waals surface area contributed by atoms with Crippen LogP contribution in [0.1, 0.15) is 31.2 Å². The zero-order chi connectivity index (χ0) is 26.9. The molecule has 1 atom stereocenters. The number of nitrogens with one attached hydrogen (secondary N) is 1. The Balaban J connectivity index is 1.73. The van der Waals surface area contributed by atoms with Gasteiger partial charge in [0.2, 0.25) is 0 Å². The number of pyridine rings is 1. The van der Waals surface area contributed by atoms with E-state index in [-0.39, 0.29) is 0 Å². The van der Waals surface area contributed by atoms with Gasteiger partial charge < -0.3 is 21.9 Å². The average molecular weight is 513 g/mol. The van der Waals surface area contributed by atoms with Gasteiger partial charge in [0.1, 0.15) is 24.5 Å². The van der Waals surface area contributed by atoms with Gasteiger partial charge in [-0.15, -0.1) is 0 Å². The van der Waals surface area contributed by atoms with Gasteiger partial charge in [-0.3, -0.25) is 9.25 Å². The number of anilines is 1. The van der Waals surface area contributed by atoms with Crippen LogP contribution >= 0.6 is 0 Å². The summed E-state index contributed by atoms with van der Waals surface area (Å²) in [6.45, 7) is 3.65. The number of alkyl halides is 3. The minimum atomic E-state index is -4.42. The van der Waals surface area contributed by atoms with Crippen LogP contribution in [0.3, 0.4) is 0 Å². The van der Waals surface area contributed by atoms with E-state index >= 15 is 0 Å². The Morgan fingerprint density at radius 3 is 2.62 bits per heavy atom. The Bertz CT molecular complexity index is 1490. The van der Waals surface area contributed by atoms with Crippen LogP contribution in [0.25, 0.3) is 28.1 Å². The van der Waals surface area contributed by atoms with Crippen LogP contribution in [0.15, 0.2) is 66.5 Å². The van der Waals surface area contributed by atoms with E-state index in [0.717, 1.165) is 15.9 Å². The van der Waals surface area contributed by atoms with Gasteiger partial charge in [0.25, 0.3) is 0 Å². The van der Waals surface area contributed by atoms with Gasteiger partial charge in [0, 0.05) is 28.2 Å². The molecule has 12 heteroatoms. The molecule has 3 aromatic heterocycles. The number of imidazole rings is 1. The summed E-state index contributed by atoms with van der Waals surface area (Å²) in [6, 6.07) is 8.91. The number of allylic oxidation sites excluding steroid dienone is 3. The second-order valence-electron chi connectivity index (χ2n) is 8.68. The zero-order valence-corrected chi connectivity index (χ0v) is 20.5. The lowest BCUT2D eigenvalue weighted by Crippen LogP contribution is -2.19. The van der Waals surface area contributed by atoms with Crippen LogP contribution < -0.4 is 16.8 Å².